The lowest BCUT2D eigenvalue weighted by molar-refractivity contribution is -0.138. The number of hydrogen-bond donors (Lipinski definition) is 1. The van der Waals surface area contributed by atoms with Gasteiger partial charge in [0.2, 0.25) is 0 Å². The first-order chi connectivity index (χ1) is 8.70. The summed E-state index contributed by atoms with van der Waals surface area (Å²) in [4.78, 5) is 15.0. The summed E-state index contributed by atoms with van der Waals surface area (Å²) in [5.74, 6) is -0.739. The van der Waals surface area contributed by atoms with E-state index < -0.39 is 5.97 Å². The summed E-state index contributed by atoms with van der Waals surface area (Å²) < 4.78 is 0. The van der Waals surface area contributed by atoms with Crippen molar-refractivity contribution >= 4 is 11.7 Å². The number of piperazine rings is 1. The summed E-state index contributed by atoms with van der Waals surface area (Å²) in [7, 11) is 0. The highest BCUT2D eigenvalue weighted by atomic mass is 16.4. The molecule has 1 aliphatic heterocycles. The largest absolute Gasteiger partial charge is 0.480 e. The molecule has 0 aromatic heterocycles. The Hall–Kier alpha value is -1.55. The zero-order chi connectivity index (χ0) is 13.0. The predicted octanol–water partition coefficient (Wildman–Crippen LogP) is 1.46. The number of aliphatic carboxylic acids is 1. The molecule has 0 saturated carbocycles. The molecule has 0 amide bonds. The average Bonchev–Trinajstić information content (AvgIpc) is 2.39. The molecule has 1 heterocycles. The first-order valence-electron chi connectivity index (χ1n) is 6.47. The minimum Gasteiger partial charge on any atom is -0.480 e. The molecule has 0 radical (unpaired) electrons. The number of benzene rings is 1. The van der Waals surface area contributed by atoms with Gasteiger partial charge in [-0.2, -0.15) is 0 Å². The number of aryl methyl sites for hydroxylation is 1. The Bertz CT molecular complexity index is 412. The standard InChI is InChI=1S/C14H20N2O2/c1-2-12-5-3-4-6-13(12)16-9-7-15(8-10-16)11-14(17)18/h3-6H,2,7-11H2,1H3,(H,17,18). The van der Waals surface area contributed by atoms with Gasteiger partial charge in [0.15, 0.2) is 0 Å². The van der Waals surface area contributed by atoms with Crippen molar-refractivity contribution in [2.24, 2.45) is 0 Å². The lowest BCUT2D eigenvalue weighted by Crippen LogP contribution is -2.48. The van der Waals surface area contributed by atoms with E-state index >= 15 is 0 Å². The maximum Gasteiger partial charge on any atom is 0.317 e. The topological polar surface area (TPSA) is 43.8 Å². The molecule has 1 aliphatic rings. The van der Waals surface area contributed by atoms with Crippen molar-refractivity contribution in [2.45, 2.75) is 13.3 Å². The lowest BCUT2D eigenvalue weighted by Gasteiger charge is -2.36. The third kappa shape index (κ3) is 3.01. The summed E-state index contributed by atoms with van der Waals surface area (Å²) in [6, 6.07) is 8.46. The van der Waals surface area contributed by atoms with Crippen LogP contribution >= 0.6 is 0 Å². The first kappa shape index (κ1) is 12.9. The van der Waals surface area contributed by atoms with Crippen molar-refractivity contribution in [3.05, 3.63) is 29.8 Å². The highest BCUT2D eigenvalue weighted by Crippen LogP contribution is 2.22. The third-order valence-electron chi connectivity index (χ3n) is 3.44. The van der Waals surface area contributed by atoms with Crippen LogP contribution in [0.3, 0.4) is 0 Å². The SMILES string of the molecule is CCc1ccccc1N1CCN(CC(=O)O)CC1. The molecule has 1 saturated heterocycles. The number of para-hydroxylation sites is 1. The van der Waals surface area contributed by atoms with Crippen molar-refractivity contribution < 1.29 is 9.90 Å². The van der Waals surface area contributed by atoms with Crippen LogP contribution in [0.4, 0.5) is 5.69 Å². The maximum absolute atomic E-state index is 10.7. The van der Waals surface area contributed by atoms with Crippen LogP contribution in [0, 0.1) is 0 Å². The molecule has 4 heteroatoms. The quantitative estimate of drug-likeness (QED) is 0.876. The fourth-order valence-electron chi connectivity index (χ4n) is 2.46. The predicted molar refractivity (Wildman–Crippen MR) is 72.1 cm³/mol. The van der Waals surface area contributed by atoms with Crippen LogP contribution in [-0.2, 0) is 11.2 Å². The van der Waals surface area contributed by atoms with E-state index in [4.69, 9.17) is 5.11 Å². The molecule has 2 rings (SSSR count). The van der Waals surface area contributed by atoms with Crippen molar-refractivity contribution in [3.8, 4) is 0 Å². The third-order valence-corrected chi connectivity index (χ3v) is 3.44. The van der Waals surface area contributed by atoms with E-state index in [1.165, 1.54) is 11.3 Å². The smallest absolute Gasteiger partial charge is 0.317 e. The van der Waals surface area contributed by atoms with Gasteiger partial charge in [-0.25, -0.2) is 0 Å². The molecule has 98 valence electrons. The zero-order valence-corrected chi connectivity index (χ0v) is 10.8. The molecule has 18 heavy (non-hydrogen) atoms. The minimum atomic E-state index is -0.739. The monoisotopic (exact) mass is 248 g/mol. The molecule has 0 bridgehead atoms. The van der Waals surface area contributed by atoms with Crippen LogP contribution in [0.5, 0.6) is 0 Å². The Morgan fingerprint density at radius 3 is 2.50 bits per heavy atom. The van der Waals surface area contributed by atoms with E-state index in [9.17, 15) is 4.79 Å². The molecule has 1 aromatic rings. The van der Waals surface area contributed by atoms with Gasteiger partial charge in [0.1, 0.15) is 0 Å². The van der Waals surface area contributed by atoms with Crippen LogP contribution < -0.4 is 4.90 Å². The molecule has 0 unspecified atom stereocenters. The number of hydrogen-bond acceptors (Lipinski definition) is 3. The van der Waals surface area contributed by atoms with E-state index in [1.807, 2.05) is 4.90 Å². The molecule has 1 N–H and O–H groups in total. The lowest BCUT2D eigenvalue weighted by atomic mass is 10.1. The van der Waals surface area contributed by atoms with Gasteiger partial charge in [-0.3, -0.25) is 9.69 Å². The number of rotatable bonds is 4. The van der Waals surface area contributed by atoms with E-state index in [0.29, 0.717) is 0 Å². The highest BCUT2D eigenvalue weighted by Gasteiger charge is 2.19. The Labute approximate surface area is 108 Å². The normalized spacial score (nSPS) is 16.8. The van der Waals surface area contributed by atoms with Crippen LogP contribution in [0.1, 0.15) is 12.5 Å². The molecule has 4 nitrogen and oxygen atoms in total. The summed E-state index contributed by atoms with van der Waals surface area (Å²) in [6.07, 6.45) is 1.03. The summed E-state index contributed by atoms with van der Waals surface area (Å²) in [6.45, 7) is 5.78. The molecular weight excluding hydrogens is 228 g/mol. The number of nitrogens with zero attached hydrogens (tertiary/aromatic N) is 2. The number of carboxylic acids is 1. The molecule has 0 spiro atoms. The van der Waals surface area contributed by atoms with Gasteiger partial charge in [-0.15, -0.1) is 0 Å². The molecule has 0 atom stereocenters. The van der Waals surface area contributed by atoms with Crippen LogP contribution in [0.15, 0.2) is 24.3 Å². The molecule has 1 aromatic carbocycles. The van der Waals surface area contributed by atoms with E-state index in [-0.39, 0.29) is 6.54 Å². The van der Waals surface area contributed by atoms with E-state index in [1.54, 1.807) is 0 Å². The summed E-state index contributed by atoms with van der Waals surface area (Å²) >= 11 is 0. The Morgan fingerprint density at radius 1 is 1.22 bits per heavy atom. The van der Waals surface area contributed by atoms with Gasteiger partial charge in [0, 0.05) is 31.9 Å². The maximum atomic E-state index is 10.7. The summed E-state index contributed by atoms with van der Waals surface area (Å²) in [5, 5.41) is 8.78. The second-order valence-electron chi connectivity index (χ2n) is 4.64. The van der Waals surface area contributed by atoms with Gasteiger partial charge in [-0.1, -0.05) is 25.1 Å². The minimum absolute atomic E-state index is 0.156. The molecule has 0 aliphatic carbocycles. The highest BCUT2D eigenvalue weighted by molar-refractivity contribution is 5.69. The van der Waals surface area contributed by atoms with Crippen molar-refractivity contribution in [2.75, 3.05) is 37.6 Å². The van der Waals surface area contributed by atoms with Crippen LogP contribution in [-0.4, -0.2) is 48.7 Å². The Balaban J connectivity index is 1.99. The summed E-state index contributed by atoms with van der Waals surface area (Å²) in [5.41, 5.74) is 2.67. The number of carboxylic acid groups (broad SMARTS) is 1. The fourth-order valence-corrected chi connectivity index (χ4v) is 2.46. The van der Waals surface area contributed by atoms with Crippen LogP contribution in [0.25, 0.3) is 0 Å². The van der Waals surface area contributed by atoms with Gasteiger partial charge < -0.3 is 10.0 Å². The van der Waals surface area contributed by atoms with Crippen molar-refractivity contribution in [3.63, 3.8) is 0 Å². The van der Waals surface area contributed by atoms with Gasteiger partial charge in [0.25, 0.3) is 0 Å². The van der Waals surface area contributed by atoms with Crippen molar-refractivity contribution in [1.29, 1.82) is 0 Å². The van der Waals surface area contributed by atoms with E-state index in [2.05, 4.69) is 36.1 Å². The van der Waals surface area contributed by atoms with Gasteiger partial charge in [0.05, 0.1) is 6.54 Å². The van der Waals surface area contributed by atoms with E-state index in [0.717, 1.165) is 32.6 Å². The average molecular weight is 248 g/mol. The molecular formula is C14H20N2O2. The second-order valence-corrected chi connectivity index (χ2v) is 4.64. The van der Waals surface area contributed by atoms with Gasteiger partial charge >= 0.3 is 5.97 Å². The Morgan fingerprint density at radius 2 is 1.89 bits per heavy atom. The second kappa shape index (κ2) is 5.87. The first-order valence-corrected chi connectivity index (χ1v) is 6.47. The van der Waals surface area contributed by atoms with Gasteiger partial charge in [-0.05, 0) is 18.1 Å². The Kier molecular flexibility index (Phi) is 4.20. The molecule has 1 fully saturated rings. The number of anilines is 1. The van der Waals surface area contributed by atoms with Crippen LogP contribution in [0.2, 0.25) is 0 Å². The number of carbonyl (C=O) groups is 1. The fraction of sp³-hybridized carbons (Fsp3) is 0.500. The van der Waals surface area contributed by atoms with Crippen molar-refractivity contribution in [1.82, 2.24) is 4.90 Å². The zero-order valence-electron chi connectivity index (χ0n) is 10.8.